The Labute approximate surface area is 132 Å². The zero-order valence-electron chi connectivity index (χ0n) is 14.5. The van der Waals surface area contributed by atoms with E-state index in [4.69, 9.17) is 0 Å². The first kappa shape index (κ1) is 18.5. The fraction of sp³-hybridized carbons (Fsp3) is 0.944. The van der Waals surface area contributed by atoms with Gasteiger partial charge in [-0.15, -0.1) is 0 Å². The van der Waals surface area contributed by atoms with E-state index in [2.05, 4.69) is 37.1 Å². The standard InChI is InChI=1S/C18H35N3/c1-4-7-13-21(14-8-5-2)15-11-17-10-9-12-18(17,16-19)20-6-3/h17,20H,4-15H2,1-3H3. The lowest BCUT2D eigenvalue weighted by Gasteiger charge is -2.31. The normalized spacial score (nSPS) is 25.4. The number of hydrogen-bond donors (Lipinski definition) is 1. The Hall–Kier alpha value is -0.590. The van der Waals surface area contributed by atoms with Gasteiger partial charge in [0, 0.05) is 0 Å². The first-order chi connectivity index (χ1) is 10.2. The molecule has 3 heteroatoms. The Kier molecular flexibility index (Phi) is 8.96. The van der Waals surface area contributed by atoms with Gasteiger partial charge in [-0.1, -0.05) is 40.0 Å². The lowest BCUT2D eigenvalue weighted by Crippen LogP contribution is -2.47. The van der Waals surface area contributed by atoms with Gasteiger partial charge in [0.25, 0.3) is 0 Å². The van der Waals surface area contributed by atoms with E-state index in [9.17, 15) is 5.26 Å². The molecule has 1 aliphatic rings. The molecular formula is C18H35N3. The van der Waals surface area contributed by atoms with E-state index in [1.54, 1.807) is 0 Å². The fourth-order valence-electron chi connectivity index (χ4n) is 3.64. The van der Waals surface area contributed by atoms with Crippen LogP contribution in [0.25, 0.3) is 0 Å². The molecule has 21 heavy (non-hydrogen) atoms. The van der Waals surface area contributed by atoms with E-state index in [0.717, 1.165) is 13.0 Å². The number of nitriles is 1. The fourth-order valence-corrected chi connectivity index (χ4v) is 3.64. The van der Waals surface area contributed by atoms with Crippen LogP contribution in [-0.2, 0) is 0 Å². The van der Waals surface area contributed by atoms with Crippen LogP contribution in [0.3, 0.4) is 0 Å². The zero-order chi connectivity index (χ0) is 15.6. The van der Waals surface area contributed by atoms with Crippen molar-refractivity contribution in [1.82, 2.24) is 10.2 Å². The first-order valence-electron chi connectivity index (χ1n) is 9.11. The Morgan fingerprint density at radius 2 is 1.81 bits per heavy atom. The van der Waals surface area contributed by atoms with Crippen molar-refractivity contribution in [1.29, 1.82) is 5.26 Å². The minimum atomic E-state index is -0.240. The predicted molar refractivity (Wildman–Crippen MR) is 90.2 cm³/mol. The summed E-state index contributed by atoms with van der Waals surface area (Å²) in [5, 5.41) is 13.1. The second kappa shape index (κ2) is 10.2. The van der Waals surface area contributed by atoms with Gasteiger partial charge < -0.3 is 4.90 Å². The van der Waals surface area contributed by atoms with Gasteiger partial charge >= 0.3 is 0 Å². The van der Waals surface area contributed by atoms with E-state index < -0.39 is 0 Å². The summed E-state index contributed by atoms with van der Waals surface area (Å²) in [6, 6.07) is 2.61. The highest BCUT2D eigenvalue weighted by Gasteiger charge is 2.42. The highest BCUT2D eigenvalue weighted by Crippen LogP contribution is 2.37. The number of unbranched alkanes of at least 4 members (excludes halogenated alkanes) is 2. The molecule has 122 valence electrons. The Morgan fingerprint density at radius 1 is 1.14 bits per heavy atom. The quantitative estimate of drug-likeness (QED) is 0.627. The lowest BCUT2D eigenvalue weighted by atomic mass is 9.85. The zero-order valence-corrected chi connectivity index (χ0v) is 14.5. The van der Waals surface area contributed by atoms with E-state index in [1.165, 1.54) is 64.6 Å². The molecule has 1 rings (SSSR count). The smallest absolute Gasteiger partial charge is 0.109 e. The highest BCUT2D eigenvalue weighted by molar-refractivity contribution is 5.14. The van der Waals surface area contributed by atoms with Crippen LogP contribution in [0.5, 0.6) is 0 Å². The van der Waals surface area contributed by atoms with Crippen molar-refractivity contribution in [3.05, 3.63) is 0 Å². The van der Waals surface area contributed by atoms with Gasteiger partial charge in [-0.3, -0.25) is 5.32 Å². The first-order valence-corrected chi connectivity index (χ1v) is 9.11. The van der Waals surface area contributed by atoms with Crippen LogP contribution in [0.4, 0.5) is 0 Å². The molecule has 0 spiro atoms. The van der Waals surface area contributed by atoms with Crippen LogP contribution in [-0.4, -0.2) is 36.6 Å². The summed E-state index contributed by atoms with van der Waals surface area (Å²) >= 11 is 0. The number of nitrogens with zero attached hydrogens (tertiary/aromatic N) is 2. The van der Waals surface area contributed by atoms with Crippen molar-refractivity contribution in [2.24, 2.45) is 5.92 Å². The molecule has 0 aromatic heterocycles. The molecule has 1 N–H and O–H groups in total. The van der Waals surface area contributed by atoms with Crippen LogP contribution >= 0.6 is 0 Å². The molecule has 3 nitrogen and oxygen atoms in total. The van der Waals surface area contributed by atoms with Crippen molar-refractivity contribution in [3.63, 3.8) is 0 Å². The van der Waals surface area contributed by atoms with Gasteiger partial charge in [-0.25, -0.2) is 0 Å². The van der Waals surface area contributed by atoms with Gasteiger partial charge in [0.2, 0.25) is 0 Å². The molecular weight excluding hydrogens is 258 g/mol. The average molecular weight is 293 g/mol. The Bertz CT molecular complexity index is 302. The summed E-state index contributed by atoms with van der Waals surface area (Å²) < 4.78 is 0. The Morgan fingerprint density at radius 3 is 2.33 bits per heavy atom. The molecule has 0 bridgehead atoms. The van der Waals surface area contributed by atoms with Crippen LogP contribution in [0, 0.1) is 17.2 Å². The molecule has 2 unspecified atom stereocenters. The molecule has 1 fully saturated rings. The van der Waals surface area contributed by atoms with Crippen molar-refractivity contribution in [3.8, 4) is 6.07 Å². The van der Waals surface area contributed by atoms with Crippen molar-refractivity contribution >= 4 is 0 Å². The summed E-state index contributed by atoms with van der Waals surface area (Å²) in [7, 11) is 0. The summed E-state index contributed by atoms with van der Waals surface area (Å²) in [6.07, 6.45) is 9.76. The molecule has 0 amide bonds. The number of rotatable bonds is 11. The van der Waals surface area contributed by atoms with Crippen LogP contribution in [0.1, 0.15) is 72.1 Å². The molecule has 1 aliphatic carbocycles. The average Bonchev–Trinajstić information content (AvgIpc) is 2.90. The maximum Gasteiger partial charge on any atom is 0.109 e. The monoisotopic (exact) mass is 293 g/mol. The molecule has 0 aromatic rings. The molecule has 0 aromatic carbocycles. The van der Waals surface area contributed by atoms with Crippen molar-refractivity contribution < 1.29 is 0 Å². The van der Waals surface area contributed by atoms with Crippen LogP contribution < -0.4 is 5.32 Å². The van der Waals surface area contributed by atoms with Gasteiger partial charge in [-0.2, -0.15) is 5.26 Å². The maximum atomic E-state index is 9.64. The lowest BCUT2D eigenvalue weighted by molar-refractivity contribution is 0.219. The molecule has 1 saturated carbocycles. The van der Waals surface area contributed by atoms with Crippen molar-refractivity contribution in [2.45, 2.75) is 77.7 Å². The largest absolute Gasteiger partial charge is 0.303 e. The summed E-state index contributed by atoms with van der Waals surface area (Å²) in [6.45, 7) is 11.2. The van der Waals surface area contributed by atoms with E-state index in [-0.39, 0.29) is 5.54 Å². The third-order valence-electron chi connectivity index (χ3n) is 4.96. The van der Waals surface area contributed by atoms with E-state index in [0.29, 0.717) is 5.92 Å². The van der Waals surface area contributed by atoms with Crippen LogP contribution in [0.15, 0.2) is 0 Å². The third kappa shape index (κ3) is 5.60. The minimum absolute atomic E-state index is 0.240. The second-order valence-electron chi connectivity index (χ2n) is 6.54. The van der Waals surface area contributed by atoms with Gasteiger partial charge in [-0.05, 0) is 64.2 Å². The van der Waals surface area contributed by atoms with Crippen LogP contribution in [0.2, 0.25) is 0 Å². The predicted octanol–water partition coefficient (Wildman–Crippen LogP) is 3.95. The number of hydrogen-bond acceptors (Lipinski definition) is 3. The molecule has 0 radical (unpaired) electrons. The van der Waals surface area contributed by atoms with Gasteiger partial charge in [0.05, 0.1) is 6.07 Å². The molecule has 0 aliphatic heterocycles. The van der Waals surface area contributed by atoms with E-state index in [1.807, 2.05) is 0 Å². The van der Waals surface area contributed by atoms with E-state index >= 15 is 0 Å². The van der Waals surface area contributed by atoms with Gasteiger partial charge in [0.1, 0.15) is 5.54 Å². The SMILES string of the molecule is CCCCN(CCCC)CCC1CCCC1(C#N)NCC. The Balaban J connectivity index is 2.50. The van der Waals surface area contributed by atoms with Gasteiger partial charge in [0.15, 0.2) is 0 Å². The third-order valence-corrected chi connectivity index (χ3v) is 4.96. The number of nitrogens with one attached hydrogen (secondary N) is 1. The summed E-state index contributed by atoms with van der Waals surface area (Å²) in [5.74, 6) is 0.535. The van der Waals surface area contributed by atoms with Crippen molar-refractivity contribution in [2.75, 3.05) is 26.2 Å². The molecule has 0 saturated heterocycles. The topological polar surface area (TPSA) is 39.1 Å². The second-order valence-corrected chi connectivity index (χ2v) is 6.54. The molecule has 2 atom stereocenters. The highest BCUT2D eigenvalue weighted by atomic mass is 15.1. The molecule has 0 heterocycles. The minimum Gasteiger partial charge on any atom is -0.303 e. The maximum absolute atomic E-state index is 9.64. The summed E-state index contributed by atoms with van der Waals surface area (Å²) in [5.41, 5.74) is -0.240. The summed E-state index contributed by atoms with van der Waals surface area (Å²) in [4.78, 5) is 2.62.